The molecule has 1 aliphatic heterocycles. The maximum atomic E-state index is 9.80. The Morgan fingerprint density at radius 2 is 2.16 bits per heavy atom. The zero-order chi connectivity index (χ0) is 17.6. The van der Waals surface area contributed by atoms with Gasteiger partial charge < -0.3 is 20.0 Å². The number of rotatable bonds is 3. The van der Waals surface area contributed by atoms with E-state index in [9.17, 15) is 5.11 Å². The van der Waals surface area contributed by atoms with Crippen LogP contribution in [0.4, 0.5) is 5.82 Å². The van der Waals surface area contributed by atoms with Crippen molar-refractivity contribution in [1.82, 2.24) is 4.98 Å². The summed E-state index contributed by atoms with van der Waals surface area (Å²) in [6, 6.07) is 8.81. The number of furan rings is 1. The first-order valence-electron chi connectivity index (χ1n) is 8.26. The Bertz CT molecular complexity index is 920. The van der Waals surface area contributed by atoms with Gasteiger partial charge >= 0.3 is 5.88 Å². The van der Waals surface area contributed by atoms with E-state index in [-0.39, 0.29) is 11.7 Å². The van der Waals surface area contributed by atoms with Crippen molar-refractivity contribution < 1.29 is 18.8 Å². The molecule has 0 fully saturated rings. The lowest BCUT2D eigenvalue weighted by molar-refractivity contribution is -0.691. The highest BCUT2D eigenvalue weighted by atomic mass is 16.5. The van der Waals surface area contributed by atoms with Crippen LogP contribution in [0, 0.1) is 5.92 Å². The number of phenols is 1. The second kappa shape index (κ2) is 5.81. The van der Waals surface area contributed by atoms with Crippen LogP contribution < -0.4 is 15.0 Å². The monoisotopic (exact) mass is 338 g/mol. The molecule has 25 heavy (non-hydrogen) atoms. The van der Waals surface area contributed by atoms with Crippen LogP contribution in [0.25, 0.3) is 0 Å². The predicted octanol–water partition coefficient (Wildman–Crippen LogP) is 3.19. The fourth-order valence-corrected chi connectivity index (χ4v) is 3.27. The van der Waals surface area contributed by atoms with Gasteiger partial charge in [-0.05, 0) is 24.1 Å². The number of nitrogens with two attached hydrogens (primary N) is 1. The van der Waals surface area contributed by atoms with E-state index in [2.05, 4.69) is 18.8 Å². The number of nitrogen functional groups attached to an aromatic ring is 1. The molecule has 3 aromatic rings. The van der Waals surface area contributed by atoms with Crippen LogP contribution in [0.1, 0.15) is 36.7 Å². The van der Waals surface area contributed by atoms with E-state index >= 15 is 0 Å². The summed E-state index contributed by atoms with van der Waals surface area (Å²) in [6.07, 6.45) is 3.33. The molecule has 0 bridgehead atoms. The molecule has 0 radical (unpaired) electrons. The SMILES string of the molecule is CC(C)C[n+]1cnc2c(c1N)[C@H](c1ccco1)c1ccc(O)cc1O2. The third-order valence-corrected chi connectivity index (χ3v) is 4.32. The lowest BCUT2D eigenvalue weighted by Gasteiger charge is -2.25. The molecule has 1 aliphatic rings. The van der Waals surface area contributed by atoms with E-state index in [4.69, 9.17) is 14.9 Å². The minimum absolute atomic E-state index is 0.138. The number of hydrogen-bond acceptors (Lipinski definition) is 5. The quantitative estimate of drug-likeness (QED) is 0.560. The van der Waals surface area contributed by atoms with E-state index in [0.717, 1.165) is 23.4 Å². The topological polar surface area (TPSA) is 85.4 Å². The Morgan fingerprint density at radius 3 is 2.88 bits per heavy atom. The smallest absolute Gasteiger partial charge is 0.306 e. The Kier molecular flexibility index (Phi) is 3.60. The van der Waals surface area contributed by atoms with Gasteiger partial charge in [0.1, 0.15) is 22.8 Å². The lowest BCUT2D eigenvalue weighted by Crippen LogP contribution is -2.41. The summed E-state index contributed by atoms with van der Waals surface area (Å²) in [5.41, 5.74) is 8.16. The third-order valence-electron chi connectivity index (χ3n) is 4.32. The van der Waals surface area contributed by atoms with Crippen LogP contribution in [0.2, 0.25) is 0 Å². The van der Waals surface area contributed by atoms with E-state index in [0.29, 0.717) is 23.4 Å². The Balaban J connectivity index is 1.94. The van der Waals surface area contributed by atoms with Crippen molar-refractivity contribution in [3.8, 4) is 17.4 Å². The normalized spacial score (nSPS) is 15.6. The van der Waals surface area contributed by atoms with Crippen molar-refractivity contribution in [1.29, 1.82) is 0 Å². The van der Waals surface area contributed by atoms with Gasteiger partial charge in [0.2, 0.25) is 12.1 Å². The molecule has 6 heteroatoms. The van der Waals surface area contributed by atoms with Crippen LogP contribution in [-0.4, -0.2) is 10.1 Å². The molecule has 0 saturated carbocycles. The molecule has 4 rings (SSSR count). The first kappa shape index (κ1) is 15.5. The first-order valence-corrected chi connectivity index (χ1v) is 8.26. The molecule has 0 spiro atoms. The van der Waals surface area contributed by atoms with Crippen molar-refractivity contribution in [2.75, 3.05) is 5.73 Å². The highest BCUT2D eigenvalue weighted by Gasteiger charge is 2.37. The van der Waals surface area contributed by atoms with E-state index in [1.807, 2.05) is 22.8 Å². The van der Waals surface area contributed by atoms with E-state index in [1.54, 1.807) is 24.7 Å². The fourth-order valence-electron chi connectivity index (χ4n) is 3.27. The number of anilines is 1. The Hall–Kier alpha value is -3.02. The van der Waals surface area contributed by atoms with Gasteiger partial charge in [0.05, 0.1) is 18.7 Å². The van der Waals surface area contributed by atoms with Crippen molar-refractivity contribution in [3.63, 3.8) is 0 Å². The van der Waals surface area contributed by atoms with Gasteiger partial charge in [-0.3, -0.25) is 0 Å². The summed E-state index contributed by atoms with van der Waals surface area (Å²) in [5.74, 6) is 2.70. The van der Waals surface area contributed by atoms with Gasteiger partial charge in [-0.15, -0.1) is 0 Å². The minimum Gasteiger partial charge on any atom is -0.508 e. The second-order valence-electron chi connectivity index (χ2n) is 6.67. The Morgan fingerprint density at radius 1 is 1.32 bits per heavy atom. The maximum Gasteiger partial charge on any atom is 0.306 e. The highest BCUT2D eigenvalue weighted by molar-refractivity contribution is 5.60. The minimum atomic E-state index is -0.235. The molecule has 0 saturated heterocycles. The van der Waals surface area contributed by atoms with Crippen molar-refractivity contribution in [2.45, 2.75) is 26.3 Å². The zero-order valence-corrected chi connectivity index (χ0v) is 14.1. The second-order valence-corrected chi connectivity index (χ2v) is 6.67. The van der Waals surface area contributed by atoms with Gasteiger partial charge in [-0.1, -0.05) is 24.9 Å². The van der Waals surface area contributed by atoms with Crippen LogP contribution in [0.3, 0.4) is 0 Å². The standard InChI is InChI=1S/C19H19N3O3/c1-11(2)9-22-10-21-19-17(18(22)20)16(14-4-3-7-24-14)13-6-5-12(23)8-15(13)25-19/h3-8,10-11,16,20,23H,9H2,1-2H3/p+1/t16-/m0/s1. The number of hydrogen-bond donors (Lipinski definition) is 2. The lowest BCUT2D eigenvalue weighted by atomic mass is 9.87. The number of aromatic nitrogens is 2. The van der Waals surface area contributed by atoms with Gasteiger partial charge in [0.25, 0.3) is 0 Å². The van der Waals surface area contributed by atoms with Crippen LogP contribution in [0.15, 0.2) is 47.3 Å². The summed E-state index contributed by atoms with van der Waals surface area (Å²) < 4.78 is 13.5. The summed E-state index contributed by atoms with van der Waals surface area (Å²) in [5, 5.41) is 9.80. The zero-order valence-electron chi connectivity index (χ0n) is 14.1. The largest absolute Gasteiger partial charge is 0.508 e. The first-order chi connectivity index (χ1) is 12.0. The molecule has 0 amide bonds. The fraction of sp³-hybridized carbons (Fsp3) is 0.263. The molecule has 2 aromatic heterocycles. The van der Waals surface area contributed by atoms with Gasteiger partial charge in [0, 0.05) is 11.6 Å². The Labute approximate surface area is 145 Å². The van der Waals surface area contributed by atoms with Gasteiger partial charge in [-0.2, -0.15) is 0 Å². The molecule has 0 unspecified atom stereocenters. The molecule has 0 aliphatic carbocycles. The molecule has 3 heterocycles. The molecule has 1 atom stereocenters. The average molecular weight is 338 g/mol. The number of aromatic hydroxyl groups is 1. The summed E-state index contributed by atoms with van der Waals surface area (Å²) in [4.78, 5) is 4.46. The van der Waals surface area contributed by atoms with Crippen molar-refractivity contribution >= 4 is 5.82 Å². The van der Waals surface area contributed by atoms with Crippen LogP contribution in [-0.2, 0) is 6.54 Å². The van der Waals surface area contributed by atoms with Crippen molar-refractivity contribution in [3.05, 3.63) is 59.8 Å². The number of fused-ring (bicyclic) bond motifs is 2. The van der Waals surface area contributed by atoms with E-state index < -0.39 is 0 Å². The predicted molar refractivity (Wildman–Crippen MR) is 91.5 cm³/mol. The molecular formula is C19H20N3O3+. The third kappa shape index (κ3) is 2.59. The maximum absolute atomic E-state index is 9.80. The van der Waals surface area contributed by atoms with Crippen molar-refractivity contribution in [2.24, 2.45) is 5.92 Å². The molecule has 3 N–H and O–H groups in total. The summed E-state index contributed by atoms with van der Waals surface area (Å²) in [6.45, 7) is 5.02. The summed E-state index contributed by atoms with van der Waals surface area (Å²) >= 11 is 0. The average Bonchev–Trinajstić information content (AvgIpc) is 3.09. The number of phenolic OH excluding ortho intramolecular Hbond substituents is 1. The number of nitrogens with zero attached hydrogens (tertiary/aromatic N) is 2. The van der Waals surface area contributed by atoms with Crippen LogP contribution in [0.5, 0.6) is 17.4 Å². The van der Waals surface area contributed by atoms with Gasteiger partial charge in [-0.25, -0.2) is 4.57 Å². The summed E-state index contributed by atoms with van der Waals surface area (Å²) in [7, 11) is 0. The molecular weight excluding hydrogens is 318 g/mol. The molecule has 6 nitrogen and oxygen atoms in total. The van der Waals surface area contributed by atoms with E-state index in [1.165, 1.54) is 0 Å². The molecule has 128 valence electrons. The van der Waals surface area contributed by atoms with Gasteiger partial charge in [0.15, 0.2) is 0 Å². The van der Waals surface area contributed by atoms with Crippen LogP contribution >= 0.6 is 0 Å². The number of benzene rings is 1. The number of ether oxygens (including phenoxy) is 1. The highest BCUT2D eigenvalue weighted by Crippen LogP contribution is 2.48. The molecule has 1 aromatic carbocycles.